The molecule has 10 heteroatoms. The van der Waals surface area contributed by atoms with Crippen LogP contribution in [0.3, 0.4) is 0 Å². The Morgan fingerprint density at radius 1 is 1.37 bits per heavy atom. The van der Waals surface area contributed by atoms with E-state index in [1.807, 2.05) is 6.92 Å². The van der Waals surface area contributed by atoms with Crippen LogP contribution in [0.2, 0.25) is 0 Å². The number of amides is 1. The number of hydrogen-bond donors (Lipinski definition) is 1. The summed E-state index contributed by atoms with van der Waals surface area (Å²) in [5, 5.41) is 9.19. The zero-order valence-electron chi connectivity index (χ0n) is 14.1. The van der Waals surface area contributed by atoms with Crippen molar-refractivity contribution in [1.82, 2.24) is 14.8 Å². The third kappa shape index (κ3) is 4.89. The van der Waals surface area contributed by atoms with Crippen LogP contribution in [0.1, 0.15) is 19.4 Å². The second kappa shape index (κ2) is 8.57. The maximum Gasteiger partial charge on any atom is 0.387 e. The Labute approximate surface area is 166 Å². The largest absolute Gasteiger partial charge is 0.435 e. The number of nitrogens with zero attached hydrogens (tertiary/aromatic N) is 3. The van der Waals surface area contributed by atoms with Crippen molar-refractivity contribution in [3.63, 3.8) is 0 Å². The van der Waals surface area contributed by atoms with Crippen LogP contribution in [0.4, 0.5) is 13.9 Å². The van der Waals surface area contributed by atoms with Gasteiger partial charge < -0.3 is 10.1 Å². The maximum atomic E-state index is 12.5. The molecule has 0 spiro atoms. The quantitative estimate of drug-likeness (QED) is 0.545. The molecule has 3 rings (SSSR count). The molecule has 0 saturated carbocycles. The van der Waals surface area contributed by atoms with Crippen LogP contribution in [-0.2, 0) is 4.79 Å². The lowest BCUT2D eigenvalue weighted by Crippen LogP contribution is -2.25. The molecule has 0 aliphatic heterocycles. The second-order valence-electron chi connectivity index (χ2n) is 5.49. The van der Waals surface area contributed by atoms with Gasteiger partial charge in [0.05, 0.1) is 16.4 Å². The van der Waals surface area contributed by atoms with Crippen molar-refractivity contribution in [3.8, 4) is 17.0 Å². The zero-order chi connectivity index (χ0) is 19.4. The lowest BCUT2D eigenvalue weighted by molar-refractivity contribution is -0.119. The van der Waals surface area contributed by atoms with Crippen molar-refractivity contribution in [2.24, 2.45) is 0 Å². The van der Waals surface area contributed by atoms with Gasteiger partial charge in [-0.15, -0.1) is 11.3 Å². The third-order valence-electron chi connectivity index (χ3n) is 3.69. The van der Waals surface area contributed by atoms with Crippen LogP contribution in [0, 0.1) is 0 Å². The predicted molar refractivity (Wildman–Crippen MR) is 102 cm³/mol. The van der Waals surface area contributed by atoms with E-state index in [1.165, 1.54) is 23.5 Å². The van der Waals surface area contributed by atoms with Gasteiger partial charge in [0.2, 0.25) is 0 Å². The highest BCUT2D eigenvalue weighted by Crippen LogP contribution is 2.27. The SMILES string of the molecule is CCC(C(=O)Nc1nc(-c2ccc(OC(F)F)cc2)cs1)n1cc(Br)cn1. The number of aromatic nitrogens is 3. The van der Waals surface area contributed by atoms with Gasteiger partial charge in [0.1, 0.15) is 11.8 Å². The van der Waals surface area contributed by atoms with Gasteiger partial charge in [-0.1, -0.05) is 6.92 Å². The Morgan fingerprint density at radius 2 is 2.11 bits per heavy atom. The van der Waals surface area contributed by atoms with Gasteiger partial charge in [0, 0.05) is 17.1 Å². The minimum atomic E-state index is -2.86. The van der Waals surface area contributed by atoms with E-state index >= 15 is 0 Å². The van der Waals surface area contributed by atoms with Crippen molar-refractivity contribution < 1.29 is 18.3 Å². The summed E-state index contributed by atoms with van der Waals surface area (Å²) >= 11 is 4.60. The van der Waals surface area contributed by atoms with Gasteiger partial charge in [0.25, 0.3) is 5.91 Å². The second-order valence-corrected chi connectivity index (χ2v) is 7.27. The van der Waals surface area contributed by atoms with Gasteiger partial charge in [-0.3, -0.25) is 9.48 Å². The Morgan fingerprint density at radius 3 is 2.70 bits per heavy atom. The summed E-state index contributed by atoms with van der Waals surface area (Å²) in [6, 6.07) is 5.71. The molecule has 1 aromatic carbocycles. The van der Waals surface area contributed by atoms with Crippen LogP contribution in [0.25, 0.3) is 11.3 Å². The molecule has 1 N–H and O–H groups in total. The average molecular weight is 457 g/mol. The molecule has 0 fully saturated rings. The number of hydrogen-bond acceptors (Lipinski definition) is 5. The summed E-state index contributed by atoms with van der Waals surface area (Å²) in [7, 11) is 0. The van der Waals surface area contributed by atoms with Crippen molar-refractivity contribution >= 4 is 38.3 Å². The molecule has 142 valence electrons. The molecule has 0 aliphatic carbocycles. The van der Waals surface area contributed by atoms with E-state index in [2.05, 4.69) is 36.1 Å². The fourth-order valence-corrected chi connectivity index (χ4v) is 3.46. The lowest BCUT2D eigenvalue weighted by Gasteiger charge is -2.14. The zero-order valence-corrected chi connectivity index (χ0v) is 16.5. The summed E-state index contributed by atoms with van der Waals surface area (Å²) in [6.07, 6.45) is 3.94. The number of ether oxygens (including phenoxy) is 1. The van der Waals surface area contributed by atoms with Crippen LogP contribution in [0.15, 0.2) is 46.5 Å². The van der Waals surface area contributed by atoms with Crippen LogP contribution in [0.5, 0.6) is 5.75 Å². The first-order valence-electron chi connectivity index (χ1n) is 7.97. The topological polar surface area (TPSA) is 69.0 Å². The van der Waals surface area contributed by atoms with Gasteiger partial charge in [0.15, 0.2) is 5.13 Å². The van der Waals surface area contributed by atoms with Crippen LogP contribution >= 0.6 is 27.3 Å². The molecule has 0 bridgehead atoms. The molecule has 2 heterocycles. The minimum absolute atomic E-state index is 0.0775. The summed E-state index contributed by atoms with van der Waals surface area (Å²) in [5.74, 6) is -0.136. The third-order valence-corrected chi connectivity index (χ3v) is 4.86. The van der Waals surface area contributed by atoms with E-state index in [1.54, 1.807) is 34.6 Å². The monoisotopic (exact) mass is 456 g/mol. The highest BCUT2D eigenvalue weighted by Gasteiger charge is 2.20. The predicted octanol–water partition coefficient (Wildman–Crippen LogP) is 4.96. The maximum absolute atomic E-state index is 12.5. The number of nitrogens with one attached hydrogen (secondary N) is 1. The van der Waals surface area contributed by atoms with E-state index in [9.17, 15) is 13.6 Å². The van der Waals surface area contributed by atoms with Crippen molar-refractivity contribution in [2.75, 3.05) is 5.32 Å². The summed E-state index contributed by atoms with van der Waals surface area (Å²) < 4.78 is 31.1. The van der Waals surface area contributed by atoms with Crippen molar-refractivity contribution in [3.05, 3.63) is 46.5 Å². The van der Waals surface area contributed by atoms with E-state index in [4.69, 9.17) is 0 Å². The molecule has 0 aliphatic rings. The highest BCUT2D eigenvalue weighted by molar-refractivity contribution is 9.10. The summed E-state index contributed by atoms with van der Waals surface area (Å²) in [4.78, 5) is 16.9. The molecule has 1 unspecified atom stereocenters. The summed E-state index contributed by atoms with van der Waals surface area (Å²) in [6.45, 7) is -0.963. The molecule has 0 saturated heterocycles. The average Bonchev–Trinajstić information content (AvgIpc) is 3.25. The minimum Gasteiger partial charge on any atom is -0.435 e. The first kappa shape index (κ1) is 19.4. The van der Waals surface area contributed by atoms with Crippen molar-refractivity contribution in [1.29, 1.82) is 0 Å². The number of carbonyl (C=O) groups is 1. The van der Waals surface area contributed by atoms with E-state index in [-0.39, 0.29) is 11.7 Å². The molecule has 6 nitrogen and oxygen atoms in total. The molecule has 1 amide bonds. The molecule has 3 aromatic rings. The Balaban J connectivity index is 1.69. The van der Waals surface area contributed by atoms with E-state index in [0.717, 1.165) is 10.0 Å². The van der Waals surface area contributed by atoms with Gasteiger partial charge in [-0.25, -0.2) is 4.98 Å². The smallest absolute Gasteiger partial charge is 0.387 e. The fraction of sp³-hybridized carbons (Fsp3) is 0.235. The number of benzene rings is 1. The van der Waals surface area contributed by atoms with E-state index < -0.39 is 12.7 Å². The fourth-order valence-electron chi connectivity index (χ4n) is 2.44. The number of rotatable bonds is 7. The lowest BCUT2D eigenvalue weighted by atomic mass is 10.2. The highest BCUT2D eigenvalue weighted by atomic mass is 79.9. The van der Waals surface area contributed by atoms with Crippen LogP contribution in [-0.4, -0.2) is 27.3 Å². The Bertz CT molecular complexity index is 914. The molecule has 1 atom stereocenters. The normalized spacial score (nSPS) is 12.2. The standard InChI is InChI=1S/C17H15BrF2N4O2S/c1-2-14(24-8-11(18)7-21-24)15(25)23-17-22-13(9-27-17)10-3-5-12(6-4-10)26-16(19)20/h3-9,14,16H,2H2,1H3,(H,22,23,25). The van der Waals surface area contributed by atoms with Crippen LogP contribution < -0.4 is 10.1 Å². The van der Waals surface area contributed by atoms with Gasteiger partial charge in [-0.05, 0) is 46.6 Å². The van der Waals surface area contributed by atoms with Gasteiger partial charge >= 0.3 is 6.61 Å². The number of halogens is 3. The number of thiazole rings is 1. The number of alkyl halides is 2. The molecule has 27 heavy (non-hydrogen) atoms. The van der Waals surface area contributed by atoms with Crippen molar-refractivity contribution in [2.45, 2.75) is 26.0 Å². The first-order chi connectivity index (χ1) is 13.0. The number of carbonyl (C=O) groups excluding carboxylic acids is 1. The molecular weight excluding hydrogens is 442 g/mol. The van der Waals surface area contributed by atoms with Gasteiger partial charge in [-0.2, -0.15) is 13.9 Å². The number of anilines is 1. The Hall–Kier alpha value is -2.33. The molecule has 0 radical (unpaired) electrons. The van der Waals surface area contributed by atoms with E-state index in [0.29, 0.717) is 17.2 Å². The first-order valence-corrected chi connectivity index (χ1v) is 9.65. The molecular formula is C17H15BrF2N4O2S. The Kier molecular flexibility index (Phi) is 6.17. The molecule has 2 aromatic heterocycles. The summed E-state index contributed by atoms with van der Waals surface area (Å²) in [5.41, 5.74) is 1.37.